The molecule has 2 aromatic heterocycles. The maximum Gasteiger partial charge on any atom is 0.273 e. The maximum absolute atomic E-state index is 14.6. The van der Waals surface area contributed by atoms with Crippen LogP contribution in [0.25, 0.3) is 5.69 Å². The number of aromatic nitrogens is 2. The fraction of sp³-hybridized carbons (Fsp3) is 0.273. The zero-order valence-electron chi connectivity index (χ0n) is 18.0. The summed E-state index contributed by atoms with van der Waals surface area (Å²) in [6.45, 7) is 0.803. The molecule has 0 aliphatic carbocycles. The number of likely N-dealkylation sites (tertiary alicyclic amines) is 1. The van der Waals surface area contributed by atoms with E-state index >= 15 is 0 Å². The Morgan fingerprint density at radius 3 is 2.79 bits per heavy atom. The van der Waals surface area contributed by atoms with Crippen LogP contribution >= 0.6 is 22.9 Å². The summed E-state index contributed by atoms with van der Waals surface area (Å²) in [5.74, 6) is -1.35. The van der Waals surface area contributed by atoms with Gasteiger partial charge in [0.2, 0.25) is 5.91 Å². The molecule has 1 aliphatic rings. The molecule has 1 fully saturated rings. The predicted molar refractivity (Wildman–Crippen MR) is 126 cm³/mol. The molecule has 0 spiro atoms. The molecule has 1 saturated heterocycles. The molecular formula is C22H21ClFN5O4S. The van der Waals surface area contributed by atoms with Crippen LogP contribution in [-0.4, -0.2) is 65.2 Å². The lowest BCUT2D eigenvalue weighted by atomic mass is 10.2. The molecule has 0 unspecified atom stereocenters. The molecule has 0 bridgehead atoms. The number of carbonyl (C=O) groups excluding carboxylic acids is 2. The summed E-state index contributed by atoms with van der Waals surface area (Å²) in [4.78, 5) is 42.9. The smallest absolute Gasteiger partial charge is 0.273 e. The third kappa shape index (κ3) is 5.50. The van der Waals surface area contributed by atoms with Crippen molar-refractivity contribution in [3.63, 3.8) is 0 Å². The Morgan fingerprint density at radius 1 is 1.29 bits per heavy atom. The molecule has 1 aromatic carbocycles. The minimum atomic E-state index is -0.675. The van der Waals surface area contributed by atoms with Gasteiger partial charge in [0.15, 0.2) is 0 Å². The second-order valence-electron chi connectivity index (χ2n) is 7.65. The number of halogens is 2. The number of ether oxygens (including phenoxy) is 1. The SMILES string of the molecule is CO[C@H]1CN(CC(=O)Nc2ccc(-n3ccncc3=O)cc2F)C[C@@H]1NC(=O)c1ccc(Cl)s1. The largest absolute Gasteiger partial charge is 0.378 e. The molecule has 3 heterocycles. The van der Waals surface area contributed by atoms with Gasteiger partial charge in [-0.05, 0) is 24.3 Å². The second kappa shape index (κ2) is 10.4. The van der Waals surface area contributed by atoms with Crippen molar-refractivity contribution in [3.8, 4) is 5.69 Å². The molecule has 3 aromatic rings. The highest BCUT2D eigenvalue weighted by atomic mass is 35.5. The molecule has 1 aliphatic heterocycles. The first-order valence-electron chi connectivity index (χ1n) is 10.3. The van der Waals surface area contributed by atoms with Crippen LogP contribution in [-0.2, 0) is 9.53 Å². The average Bonchev–Trinajstić information content (AvgIpc) is 3.41. The van der Waals surface area contributed by atoms with Gasteiger partial charge in [-0.15, -0.1) is 11.3 Å². The zero-order chi connectivity index (χ0) is 24.2. The van der Waals surface area contributed by atoms with Crippen molar-refractivity contribution >= 4 is 40.4 Å². The van der Waals surface area contributed by atoms with Crippen LogP contribution in [0.5, 0.6) is 0 Å². The molecular weight excluding hydrogens is 485 g/mol. The Morgan fingerprint density at radius 2 is 2.12 bits per heavy atom. The van der Waals surface area contributed by atoms with Gasteiger partial charge in [-0.2, -0.15) is 0 Å². The minimum Gasteiger partial charge on any atom is -0.378 e. The van der Waals surface area contributed by atoms with E-state index in [-0.39, 0.29) is 30.3 Å². The van der Waals surface area contributed by atoms with Crippen molar-refractivity contribution in [1.29, 1.82) is 0 Å². The van der Waals surface area contributed by atoms with Crippen LogP contribution in [0.3, 0.4) is 0 Å². The van der Waals surface area contributed by atoms with Gasteiger partial charge in [-0.25, -0.2) is 4.39 Å². The van der Waals surface area contributed by atoms with E-state index in [1.165, 1.54) is 40.4 Å². The Bertz CT molecular complexity index is 1270. The number of rotatable bonds is 7. The van der Waals surface area contributed by atoms with Crippen LogP contribution in [0.4, 0.5) is 10.1 Å². The van der Waals surface area contributed by atoms with Gasteiger partial charge >= 0.3 is 0 Å². The summed E-state index contributed by atoms with van der Waals surface area (Å²) < 4.78 is 21.8. The number of carbonyl (C=O) groups is 2. The third-order valence-electron chi connectivity index (χ3n) is 5.35. The Balaban J connectivity index is 1.36. The van der Waals surface area contributed by atoms with Gasteiger partial charge in [-0.1, -0.05) is 11.6 Å². The number of nitrogens with zero attached hydrogens (tertiary/aromatic N) is 3. The molecule has 0 saturated carbocycles. The van der Waals surface area contributed by atoms with Gasteiger partial charge in [-0.3, -0.25) is 28.8 Å². The summed E-state index contributed by atoms with van der Waals surface area (Å²) in [5.41, 5.74) is -0.0852. The van der Waals surface area contributed by atoms with E-state index < -0.39 is 17.3 Å². The fourth-order valence-corrected chi connectivity index (χ4v) is 4.69. The van der Waals surface area contributed by atoms with E-state index in [2.05, 4.69) is 15.6 Å². The third-order valence-corrected chi connectivity index (χ3v) is 6.58. The highest BCUT2D eigenvalue weighted by molar-refractivity contribution is 7.18. The van der Waals surface area contributed by atoms with E-state index in [1.807, 2.05) is 4.90 Å². The summed E-state index contributed by atoms with van der Waals surface area (Å²) in [6, 6.07) is 7.07. The van der Waals surface area contributed by atoms with Gasteiger partial charge in [0, 0.05) is 38.7 Å². The van der Waals surface area contributed by atoms with Crippen LogP contribution in [0.2, 0.25) is 4.34 Å². The van der Waals surface area contributed by atoms with Crippen LogP contribution in [0.1, 0.15) is 9.67 Å². The fourth-order valence-electron chi connectivity index (χ4n) is 3.74. The maximum atomic E-state index is 14.6. The van der Waals surface area contributed by atoms with Gasteiger partial charge < -0.3 is 15.4 Å². The van der Waals surface area contributed by atoms with Gasteiger partial charge in [0.1, 0.15) is 5.82 Å². The monoisotopic (exact) mass is 505 g/mol. The van der Waals surface area contributed by atoms with Crippen molar-refractivity contribution < 1.29 is 18.7 Å². The first-order valence-corrected chi connectivity index (χ1v) is 11.5. The normalized spacial score (nSPS) is 18.1. The Kier molecular flexibility index (Phi) is 7.37. The topological polar surface area (TPSA) is 106 Å². The molecule has 2 atom stereocenters. The quantitative estimate of drug-likeness (QED) is 0.510. The van der Waals surface area contributed by atoms with Crippen molar-refractivity contribution in [1.82, 2.24) is 19.8 Å². The second-order valence-corrected chi connectivity index (χ2v) is 9.36. The zero-order valence-corrected chi connectivity index (χ0v) is 19.6. The van der Waals surface area contributed by atoms with E-state index in [4.69, 9.17) is 16.3 Å². The van der Waals surface area contributed by atoms with E-state index in [0.29, 0.717) is 28.0 Å². The van der Waals surface area contributed by atoms with Crippen LogP contribution < -0.4 is 16.2 Å². The summed E-state index contributed by atoms with van der Waals surface area (Å²) in [7, 11) is 1.54. The number of hydrogen-bond donors (Lipinski definition) is 2. The van der Waals surface area contributed by atoms with Crippen molar-refractivity contribution in [2.45, 2.75) is 12.1 Å². The van der Waals surface area contributed by atoms with Crippen molar-refractivity contribution in [2.75, 3.05) is 32.1 Å². The summed E-state index contributed by atoms with van der Waals surface area (Å²) in [6.07, 6.45) is 3.67. The Hall–Kier alpha value is -3.12. The molecule has 2 N–H and O–H groups in total. The first-order chi connectivity index (χ1) is 16.3. The molecule has 2 amide bonds. The number of thiophene rings is 1. The van der Waals surface area contributed by atoms with Crippen molar-refractivity contribution in [3.05, 3.63) is 74.3 Å². The lowest BCUT2D eigenvalue weighted by molar-refractivity contribution is -0.117. The van der Waals surface area contributed by atoms with Gasteiger partial charge in [0.05, 0.1) is 45.5 Å². The summed E-state index contributed by atoms with van der Waals surface area (Å²) in [5, 5.41) is 5.47. The molecule has 178 valence electrons. The van der Waals surface area contributed by atoms with Crippen LogP contribution in [0, 0.1) is 5.82 Å². The lowest BCUT2D eigenvalue weighted by Gasteiger charge is -2.18. The van der Waals surface area contributed by atoms with Crippen LogP contribution in [0.15, 0.2) is 53.7 Å². The number of methoxy groups -OCH3 is 1. The highest BCUT2D eigenvalue weighted by Crippen LogP contribution is 2.22. The van der Waals surface area contributed by atoms with E-state index in [1.54, 1.807) is 19.2 Å². The van der Waals surface area contributed by atoms with E-state index in [0.717, 1.165) is 12.3 Å². The number of hydrogen-bond acceptors (Lipinski definition) is 7. The summed E-state index contributed by atoms with van der Waals surface area (Å²) >= 11 is 7.08. The molecule has 0 radical (unpaired) electrons. The average molecular weight is 506 g/mol. The van der Waals surface area contributed by atoms with Crippen molar-refractivity contribution in [2.24, 2.45) is 0 Å². The predicted octanol–water partition coefficient (Wildman–Crippen LogP) is 2.15. The molecule has 4 rings (SSSR count). The Labute approximate surface area is 203 Å². The molecule has 9 nitrogen and oxygen atoms in total. The standard InChI is InChI=1S/C22H21ClFN5O4S/c1-33-17-11-28(10-16(17)27-22(32)18-4-5-19(23)34-18)12-20(30)26-15-3-2-13(8-14(15)24)29-7-6-25-9-21(29)31/h2-9,16-17H,10-12H2,1H3,(H,26,30)(H,27,32)/t16-,17-/m0/s1. The molecule has 12 heteroatoms. The van der Waals surface area contributed by atoms with E-state index in [9.17, 15) is 18.8 Å². The number of amides is 2. The van der Waals surface area contributed by atoms with Gasteiger partial charge in [0.25, 0.3) is 11.5 Å². The first kappa shape index (κ1) is 24.0. The number of benzene rings is 1. The minimum absolute atomic E-state index is 0.00206. The highest BCUT2D eigenvalue weighted by Gasteiger charge is 2.35. The number of anilines is 1. The lowest BCUT2D eigenvalue weighted by Crippen LogP contribution is -2.43. The number of nitrogens with one attached hydrogen (secondary N) is 2. The molecule has 34 heavy (non-hydrogen) atoms.